The van der Waals surface area contributed by atoms with Crippen molar-refractivity contribution in [2.45, 2.75) is 29.4 Å². The van der Waals surface area contributed by atoms with Crippen LogP contribution in [0.25, 0.3) is 0 Å². The van der Waals surface area contributed by atoms with E-state index in [0.717, 1.165) is 16.0 Å². The van der Waals surface area contributed by atoms with Crippen molar-refractivity contribution >= 4 is 56.5 Å². The number of fused-ring (bicyclic) bond motifs is 2. The zero-order chi connectivity index (χ0) is 22.3. The molecule has 2 heterocycles. The second-order valence-corrected chi connectivity index (χ2v) is 9.62. The first-order valence-electron chi connectivity index (χ1n) is 8.86. The van der Waals surface area contributed by atoms with Gasteiger partial charge < -0.3 is 10.6 Å². The van der Waals surface area contributed by atoms with E-state index in [2.05, 4.69) is 31.5 Å². The number of hydrogen-bond acceptors (Lipinski definition) is 5. The standard InChI is InChI=1S/C20H13BrF3N3O2S2/c1-9-12(17(28)25-7-10-8-26-19(30-10)20(22,23)24)6-13(21)16-15(9)27-18(29)11-4-2-3-5-14(11)31-16/h2-6,8H,7H2,1H3,(H,25,28)(H,27,29). The number of nitrogens with zero attached hydrogens (tertiary/aromatic N) is 1. The highest BCUT2D eigenvalue weighted by Crippen LogP contribution is 2.45. The number of alkyl halides is 3. The topological polar surface area (TPSA) is 71.1 Å². The number of nitrogens with one attached hydrogen (secondary N) is 2. The Morgan fingerprint density at radius 1 is 1.29 bits per heavy atom. The third kappa shape index (κ3) is 4.35. The minimum atomic E-state index is -4.52. The highest BCUT2D eigenvalue weighted by atomic mass is 79.9. The van der Waals surface area contributed by atoms with Crippen LogP contribution >= 0.6 is 39.0 Å². The first-order chi connectivity index (χ1) is 14.6. The normalized spacial score (nSPS) is 13.1. The molecule has 3 aromatic rings. The molecule has 1 aliphatic heterocycles. The van der Waals surface area contributed by atoms with Crippen LogP contribution in [0.1, 0.15) is 36.2 Å². The Morgan fingerprint density at radius 2 is 2.03 bits per heavy atom. The van der Waals surface area contributed by atoms with Gasteiger partial charge in [-0.05, 0) is 46.6 Å². The fourth-order valence-corrected chi connectivity index (χ4v) is 5.52. The van der Waals surface area contributed by atoms with Crippen molar-refractivity contribution in [3.63, 3.8) is 0 Å². The lowest BCUT2D eigenvalue weighted by Crippen LogP contribution is -2.24. The molecular weight excluding hydrogens is 515 g/mol. The summed E-state index contributed by atoms with van der Waals surface area (Å²) < 4.78 is 38.7. The first kappa shape index (κ1) is 21.8. The molecule has 0 unspecified atom stereocenters. The predicted octanol–water partition coefficient (Wildman–Crippen LogP) is 5.88. The van der Waals surface area contributed by atoms with E-state index in [9.17, 15) is 22.8 Å². The van der Waals surface area contributed by atoms with E-state index in [0.29, 0.717) is 38.2 Å². The maximum absolute atomic E-state index is 12.8. The molecule has 160 valence electrons. The van der Waals surface area contributed by atoms with E-state index in [1.165, 1.54) is 11.8 Å². The second kappa shape index (κ2) is 8.29. The number of thiazole rings is 1. The molecule has 0 spiro atoms. The first-order valence-corrected chi connectivity index (χ1v) is 11.3. The van der Waals surface area contributed by atoms with E-state index in [-0.39, 0.29) is 17.3 Å². The number of amides is 2. The highest BCUT2D eigenvalue weighted by molar-refractivity contribution is 9.10. The lowest BCUT2D eigenvalue weighted by atomic mass is 10.1. The summed E-state index contributed by atoms with van der Waals surface area (Å²) >= 11 is 5.37. The van der Waals surface area contributed by atoms with Gasteiger partial charge in [-0.3, -0.25) is 9.59 Å². The van der Waals surface area contributed by atoms with Gasteiger partial charge in [-0.25, -0.2) is 4.98 Å². The lowest BCUT2D eigenvalue weighted by molar-refractivity contribution is -0.137. The van der Waals surface area contributed by atoms with Crippen LogP contribution in [0.3, 0.4) is 0 Å². The number of hydrogen-bond donors (Lipinski definition) is 2. The molecule has 0 saturated carbocycles. The summed E-state index contributed by atoms with van der Waals surface area (Å²) in [4.78, 5) is 30.6. The van der Waals surface area contributed by atoms with Crippen LogP contribution in [-0.2, 0) is 12.7 Å². The number of aromatic nitrogens is 1. The summed E-state index contributed by atoms with van der Waals surface area (Å²) in [7, 11) is 0. The molecule has 0 saturated heterocycles. The molecule has 0 aliphatic carbocycles. The summed E-state index contributed by atoms with van der Waals surface area (Å²) in [5.74, 6) is -0.747. The molecule has 11 heteroatoms. The van der Waals surface area contributed by atoms with Crippen LogP contribution in [0, 0.1) is 6.92 Å². The molecule has 2 amide bonds. The van der Waals surface area contributed by atoms with Gasteiger partial charge in [0.05, 0.1) is 22.7 Å². The van der Waals surface area contributed by atoms with Gasteiger partial charge in [0.1, 0.15) is 0 Å². The number of rotatable bonds is 3. The highest BCUT2D eigenvalue weighted by Gasteiger charge is 2.34. The summed E-state index contributed by atoms with van der Waals surface area (Å²) in [6, 6.07) is 8.84. The zero-order valence-corrected chi connectivity index (χ0v) is 19.0. The van der Waals surface area contributed by atoms with Crippen LogP contribution < -0.4 is 10.6 Å². The Morgan fingerprint density at radius 3 is 2.74 bits per heavy atom. The maximum atomic E-state index is 12.8. The van der Waals surface area contributed by atoms with Crippen LogP contribution in [-0.4, -0.2) is 16.8 Å². The van der Waals surface area contributed by atoms with E-state index in [4.69, 9.17) is 0 Å². The fraction of sp³-hybridized carbons (Fsp3) is 0.150. The Hall–Kier alpha value is -2.37. The van der Waals surface area contributed by atoms with Crippen molar-refractivity contribution in [3.8, 4) is 0 Å². The monoisotopic (exact) mass is 527 g/mol. The van der Waals surface area contributed by atoms with Gasteiger partial charge in [-0.2, -0.15) is 13.2 Å². The largest absolute Gasteiger partial charge is 0.443 e. The average Bonchev–Trinajstić information content (AvgIpc) is 3.15. The molecule has 31 heavy (non-hydrogen) atoms. The summed E-state index contributed by atoms with van der Waals surface area (Å²) in [5.41, 5.74) is 1.91. The van der Waals surface area contributed by atoms with Crippen molar-refractivity contribution in [3.05, 3.63) is 67.6 Å². The van der Waals surface area contributed by atoms with Gasteiger partial charge in [0.25, 0.3) is 11.8 Å². The number of anilines is 1. The molecule has 1 aromatic heterocycles. The molecule has 5 nitrogen and oxygen atoms in total. The van der Waals surface area contributed by atoms with E-state index >= 15 is 0 Å². The van der Waals surface area contributed by atoms with Crippen LogP contribution in [0.2, 0.25) is 0 Å². The molecule has 2 N–H and O–H groups in total. The van der Waals surface area contributed by atoms with Crippen LogP contribution in [0.5, 0.6) is 0 Å². The van der Waals surface area contributed by atoms with Crippen molar-refractivity contribution in [2.24, 2.45) is 0 Å². The lowest BCUT2D eigenvalue weighted by Gasteiger charge is -2.16. The fourth-order valence-electron chi connectivity index (χ4n) is 3.03. The van der Waals surface area contributed by atoms with Gasteiger partial charge >= 0.3 is 6.18 Å². The summed E-state index contributed by atoms with van der Waals surface area (Å²) in [6.45, 7) is 1.62. The number of halogens is 4. The molecule has 0 bridgehead atoms. The quantitative estimate of drug-likeness (QED) is 0.446. The van der Waals surface area contributed by atoms with Gasteiger partial charge in [-0.1, -0.05) is 23.9 Å². The second-order valence-electron chi connectivity index (χ2n) is 6.60. The SMILES string of the molecule is Cc1c(C(=O)NCc2cnc(C(F)(F)F)s2)cc(Br)c2c1NC(=O)c1ccccc1S2. The summed E-state index contributed by atoms with van der Waals surface area (Å²) in [5, 5.41) is 4.54. The minimum Gasteiger partial charge on any atom is -0.347 e. The van der Waals surface area contributed by atoms with Crippen molar-refractivity contribution in [1.29, 1.82) is 0 Å². The average molecular weight is 528 g/mol. The Labute approximate surface area is 191 Å². The van der Waals surface area contributed by atoms with E-state index < -0.39 is 17.1 Å². The van der Waals surface area contributed by atoms with Gasteiger partial charge in [0, 0.05) is 26.0 Å². The van der Waals surface area contributed by atoms with Gasteiger partial charge in [-0.15, -0.1) is 11.3 Å². The van der Waals surface area contributed by atoms with E-state index in [1.54, 1.807) is 25.1 Å². The van der Waals surface area contributed by atoms with Crippen molar-refractivity contribution in [2.75, 3.05) is 5.32 Å². The third-order valence-corrected chi connectivity index (χ3v) is 7.67. The molecular formula is C20H13BrF3N3O2S2. The molecule has 0 fully saturated rings. The van der Waals surface area contributed by atoms with Gasteiger partial charge in [0.15, 0.2) is 5.01 Å². The van der Waals surface area contributed by atoms with Crippen LogP contribution in [0.15, 0.2) is 50.8 Å². The smallest absolute Gasteiger partial charge is 0.347 e. The molecule has 0 atom stereocenters. The van der Waals surface area contributed by atoms with Crippen LogP contribution in [0.4, 0.5) is 18.9 Å². The predicted molar refractivity (Wildman–Crippen MR) is 116 cm³/mol. The number of benzene rings is 2. The molecule has 0 radical (unpaired) electrons. The molecule has 1 aliphatic rings. The van der Waals surface area contributed by atoms with E-state index in [1.807, 2.05) is 12.1 Å². The van der Waals surface area contributed by atoms with Crippen molar-refractivity contribution in [1.82, 2.24) is 10.3 Å². The third-order valence-electron chi connectivity index (χ3n) is 4.54. The molecule has 4 rings (SSSR count). The number of carbonyl (C=O) groups excluding carboxylic acids is 2. The Kier molecular flexibility index (Phi) is 5.84. The molecule has 2 aromatic carbocycles. The minimum absolute atomic E-state index is 0.0900. The summed E-state index contributed by atoms with van der Waals surface area (Å²) in [6.07, 6.45) is -3.42. The maximum Gasteiger partial charge on any atom is 0.443 e. The number of carbonyl (C=O) groups is 2. The zero-order valence-electron chi connectivity index (χ0n) is 15.8. The Balaban J connectivity index is 1.60. The van der Waals surface area contributed by atoms with Gasteiger partial charge in [0.2, 0.25) is 0 Å². The van der Waals surface area contributed by atoms with Crippen molar-refractivity contribution < 1.29 is 22.8 Å². The Bertz CT molecular complexity index is 1210.